The van der Waals surface area contributed by atoms with Crippen LogP contribution >= 0.6 is 15.9 Å². The summed E-state index contributed by atoms with van der Waals surface area (Å²) in [5.74, 6) is 1.51. The second-order valence-electron chi connectivity index (χ2n) is 5.67. The molecule has 0 spiro atoms. The van der Waals surface area contributed by atoms with Crippen LogP contribution in [0.3, 0.4) is 0 Å². The minimum Gasteiger partial charge on any atom is -0.496 e. The van der Waals surface area contributed by atoms with Crippen molar-refractivity contribution in [2.75, 3.05) is 20.7 Å². The second kappa shape index (κ2) is 7.79. The van der Waals surface area contributed by atoms with E-state index < -0.39 is 0 Å². The molecule has 3 nitrogen and oxygen atoms in total. The lowest BCUT2D eigenvalue weighted by atomic mass is 10.0. The summed E-state index contributed by atoms with van der Waals surface area (Å²) in [4.78, 5) is 14.4. The minimum atomic E-state index is 0.131. The number of hydrogen-bond donors (Lipinski definition) is 0. The zero-order chi connectivity index (χ0) is 15.3. The predicted molar refractivity (Wildman–Crippen MR) is 86.6 cm³/mol. The Labute approximate surface area is 130 Å². The maximum atomic E-state index is 12.3. The van der Waals surface area contributed by atoms with Crippen LogP contribution < -0.4 is 4.74 Å². The molecule has 1 aromatic carbocycles. The first-order valence-corrected chi connectivity index (χ1v) is 7.71. The van der Waals surface area contributed by atoms with Gasteiger partial charge < -0.3 is 4.74 Å². The van der Waals surface area contributed by atoms with Gasteiger partial charge in [-0.05, 0) is 60.4 Å². The molecule has 1 unspecified atom stereocenters. The van der Waals surface area contributed by atoms with Crippen molar-refractivity contribution in [3.05, 3.63) is 28.2 Å². The first kappa shape index (κ1) is 17.2. The highest BCUT2D eigenvalue weighted by Crippen LogP contribution is 2.25. The standard InChI is InChI=1S/C16H24BrNO2/c1-11(2)8-12(3)18(4)10-15(19)13-6-7-16(20-5)14(17)9-13/h6-7,9,11-12H,8,10H2,1-5H3. The molecule has 0 amide bonds. The van der Waals surface area contributed by atoms with Crippen molar-refractivity contribution in [2.45, 2.75) is 33.2 Å². The van der Waals surface area contributed by atoms with Crippen LogP contribution in [0.5, 0.6) is 5.75 Å². The van der Waals surface area contributed by atoms with Crippen LogP contribution in [0.4, 0.5) is 0 Å². The van der Waals surface area contributed by atoms with Crippen LogP contribution in [0.1, 0.15) is 37.6 Å². The third-order valence-corrected chi connectivity index (χ3v) is 4.05. The summed E-state index contributed by atoms with van der Waals surface area (Å²) < 4.78 is 5.98. The lowest BCUT2D eigenvalue weighted by Crippen LogP contribution is -2.34. The molecule has 0 aromatic heterocycles. The molecule has 4 heteroatoms. The van der Waals surface area contributed by atoms with Gasteiger partial charge in [0.25, 0.3) is 0 Å². The summed E-state index contributed by atoms with van der Waals surface area (Å²) in [5, 5.41) is 0. The van der Waals surface area contributed by atoms with Crippen molar-refractivity contribution in [3.8, 4) is 5.75 Å². The summed E-state index contributed by atoms with van der Waals surface area (Å²) in [7, 11) is 3.62. The molecule has 0 radical (unpaired) electrons. The van der Waals surface area contributed by atoms with Crippen molar-refractivity contribution in [2.24, 2.45) is 5.92 Å². The number of ether oxygens (including phenoxy) is 1. The Kier molecular flexibility index (Phi) is 6.69. The molecule has 0 aliphatic carbocycles. The van der Waals surface area contributed by atoms with Crippen molar-refractivity contribution in [1.29, 1.82) is 0 Å². The van der Waals surface area contributed by atoms with Crippen LogP contribution in [0, 0.1) is 5.92 Å². The Bertz CT molecular complexity index is 460. The van der Waals surface area contributed by atoms with E-state index in [2.05, 4.69) is 41.6 Å². The monoisotopic (exact) mass is 341 g/mol. The molecular weight excluding hydrogens is 318 g/mol. The second-order valence-corrected chi connectivity index (χ2v) is 6.52. The van der Waals surface area contributed by atoms with E-state index >= 15 is 0 Å². The highest BCUT2D eigenvalue weighted by molar-refractivity contribution is 9.10. The summed E-state index contributed by atoms with van der Waals surface area (Å²) in [6.07, 6.45) is 1.09. The topological polar surface area (TPSA) is 29.5 Å². The molecule has 0 saturated heterocycles. The fourth-order valence-corrected chi connectivity index (χ4v) is 2.72. The number of methoxy groups -OCH3 is 1. The fraction of sp³-hybridized carbons (Fsp3) is 0.562. The molecule has 1 aromatic rings. The molecule has 0 fully saturated rings. The number of hydrogen-bond acceptors (Lipinski definition) is 3. The van der Waals surface area contributed by atoms with Crippen LogP contribution in [0.15, 0.2) is 22.7 Å². The lowest BCUT2D eigenvalue weighted by Gasteiger charge is -2.25. The number of carbonyl (C=O) groups is 1. The Hall–Kier alpha value is -0.870. The molecule has 0 saturated carbocycles. The van der Waals surface area contributed by atoms with E-state index in [0.717, 1.165) is 16.6 Å². The third-order valence-electron chi connectivity index (χ3n) is 3.43. The number of nitrogens with zero attached hydrogens (tertiary/aromatic N) is 1. The smallest absolute Gasteiger partial charge is 0.176 e. The molecule has 1 rings (SSSR count). The number of rotatable bonds is 7. The zero-order valence-electron chi connectivity index (χ0n) is 12.9. The number of halogens is 1. The van der Waals surface area contributed by atoms with E-state index in [1.807, 2.05) is 25.2 Å². The van der Waals surface area contributed by atoms with Crippen molar-refractivity contribution in [1.82, 2.24) is 4.90 Å². The number of carbonyl (C=O) groups excluding carboxylic acids is 1. The Morgan fingerprint density at radius 1 is 1.35 bits per heavy atom. The number of Topliss-reactive ketones (excluding diaryl/α,β-unsaturated/α-hetero) is 1. The average Bonchev–Trinajstić information content (AvgIpc) is 2.37. The molecule has 0 heterocycles. The van der Waals surface area contributed by atoms with E-state index in [1.165, 1.54) is 0 Å². The quantitative estimate of drug-likeness (QED) is 0.702. The first-order valence-electron chi connectivity index (χ1n) is 6.92. The van der Waals surface area contributed by atoms with Crippen molar-refractivity contribution >= 4 is 21.7 Å². The third kappa shape index (κ3) is 4.91. The molecule has 0 aliphatic heterocycles. The highest BCUT2D eigenvalue weighted by atomic mass is 79.9. The van der Waals surface area contributed by atoms with Gasteiger partial charge in [0.05, 0.1) is 18.1 Å². The van der Waals surface area contributed by atoms with Gasteiger partial charge in [-0.25, -0.2) is 0 Å². The highest BCUT2D eigenvalue weighted by Gasteiger charge is 2.16. The van der Waals surface area contributed by atoms with Gasteiger partial charge >= 0.3 is 0 Å². The Balaban J connectivity index is 2.69. The van der Waals surface area contributed by atoms with Gasteiger partial charge in [0.2, 0.25) is 0 Å². The molecule has 112 valence electrons. The molecule has 0 N–H and O–H groups in total. The lowest BCUT2D eigenvalue weighted by molar-refractivity contribution is 0.0916. The average molecular weight is 342 g/mol. The molecule has 0 aliphatic rings. The molecular formula is C16H24BrNO2. The van der Waals surface area contributed by atoms with Crippen LogP contribution in [0.25, 0.3) is 0 Å². The number of likely N-dealkylation sites (N-methyl/N-ethyl adjacent to an activating group) is 1. The predicted octanol–water partition coefficient (Wildman–Crippen LogP) is 4.01. The maximum absolute atomic E-state index is 12.3. The van der Waals surface area contributed by atoms with E-state index in [9.17, 15) is 4.79 Å². The Morgan fingerprint density at radius 3 is 2.50 bits per heavy atom. The van der Waals surface area contributed by atoms with Gasteiger partial charge in [-0.1, -0.05) is 13.8 Å². The van der Waals surface area contributed by atoms with E-state index in [0.29, 0.717) is 24.1 Å². The maximum Gasteiger partial charge on any atom is 0.176 e. The SMILES string of the molecule is COc1ccc(C(=O)CN(C)C(C)CC(C)C)cc1Br. The van der Waals surface area contributed by atoms with Gasteiger partial charge in [-0.15, -0.1) is 0 Å². The summed E-state index contributed by atoms with van der Waals surface area (Å²) in [6.45, 7) is 7.00. The Morgan fingerprint density at radius 2 is 2.00 bits per heavy atom. The largest absolute Gasteiger partial charge is 0.496 e. The fourth-order valence-electron chi connectivity index (χ4n) is 2.18. The van der Waals surface area contributed by atoms with Gasteiger partial charge in [-0.3, -0.25) is 9.69 Å². The van der Waals surface area contributed by atoms with Crippen LogP contribution in [-0.2, 0) is 0 Å². The molecule has 0 bridgehead atoms. The van der Waals surface area contributed by atoms with E-state index in [4.69, 9.17) is 4.74 Å². The first-order chi connectivity index (χ1) is 9.35. The van der Waals surface area contributed by atoms with Gasteiger partial charge in [0.1, 0.15) is 5.75 Å². The minimum absolute atomic E-state index is 0.131. The summed E-state index contributed by atoms with van der Waals surface area (Å²) in [6, 6.07) is 5.85. The van der Waals surface area contributed by atoms with E-state index in [-0.39, 0.29) is 5.78 Å². The van der Waals surface area contributed by atoms with Crippen molar-refractivity contribution < 1.29 is 9.53 Å². The van der Waals surface area contributed by atoms with Gasteiger partial charge in [0, 0.05) is 11.6 Å². The molecule has 20 heavy (non-hydrogen) atoms. The van der Waals surface area contributed by atoms with Crippen molar-refractivity contribution in [3.63, 3.8) is 0 Å². The van der Waals surface area contributed by atoms with Crippen LogP contribution in [-0.4, -0.2) is 37.4 Å². The molecule has 1 atom stereocenters. The normalized spacial score (nSPS) is 12.8. The van der Waals surface area contributed by atoms with E-state index in [1.54, 1.807) is 7.11 Å². The van der Waals surface area contributed by atoms with Gasteiger partial charge in [-0.2, -0.15) is 0 Å². The number of ketones is 1. The summed E-state index contributed by atoms with van der Waals surface area (Å²) in [5.41, 5.74) is 0.710. The number of benzene rings is 1. The summed E-state index contributed by atoms with van der Waals surface area (Å²) >= 11 is 3.41. The zero-order valence-corrected chi connectivity index (χ0v) is 14.5. The van der Waals surface area contributed by atoms with Crippen LogP contribution in [0.2, 0.25) is 0 Å². The van der Waals surface area contributed by atoms with Gasteiger partial charge in [0.15, 0.2) is 5.78 Å².